The van der Waals surface area contributed by atoms with E-state index in [-0.39, 0.29) is 13.1 Å². The molecular formula is C17H16F2N6O2S. The largest absolute Gasteiger partial charge is 0.354 e. The van der Waals surface area contributed by atoms with E-state index in [0.717, 1.165) is 22.5 Å². The van der Waals surface area contributed by atoms with Crippen molar-refractivity contribution in [1.82, 2.24) is 23.8 Å². The molecule has 8 nitrogen and oxygen atoms in total. The molecule has 0 bridgehead atoms. The Hall–Kier alpha value is -2.92. The zero-order chi connectivity index (χ0) is 19.7. The van der Waals surface area contributed by atoms with Crippen LogP contribution in [-0.2, 0) is 10.0 Å². The topological polar surface area (TPSA) is 84.2 Å². The van der Waals surface area contributed by atoms with Gasteiger partial charge in [0.2, 0.25) is 10.0 Å². The molecule has 0 N–H and O–H groups in total. The molecule has 1 fully saturated rings. The van der Waals surface area contributed by atoms with Crippen LogP contribution < -0.4 is 4.90 Å². The van der Waals surface area contributed by atoms with Crippen molar-refractivity contribution in [3.05, 3.63) is 60.9 Å². The Morgan fingerprint density at radius 1 is 0.964 bits per heavy atom. The van der Waals surface area contributed by atoms with Crippen LogP contribution >= 0.6 is 0 Å². The SMILES string of the molecule is O=S(=O)(c1c(F)cccc1F)N1CCN(c2cc(-n3ccnc3)ncn2)CC1. The lowest BCUT2D eigenvalue weighted by molar-refractivity contribution is 0.377. The molecule has 1 aromatic carbocycles. The molecule has 1 aliphatic heterocycles. The van der Waals surface area contributed by atoms with Gasteiger partial charge < -0.3 is 4.90 Å². The van der Waals surface area contributed by atoms with Crippen molar-refractivity contribution < 1.29 is 17.2 Å². The molecule has 0 saturated carbocycles. The zero-order valence-electron chi connectivity index (χ0n) is 14.6. The van der Waals surface area contributed by atoms with Gasteiger partial charge in [-0.05, 0) is 12.1 Å². The fourth-order valence-corrected chi connectivity index (χ4v) is 4.59. The lowest BCUT2D eigenvalue weighted by Gasteiger charge is -2.34. The molecule has 3 aromatic rings. The molecule has 0 atom stereocenters. The van der Waals surface area contributed by atoms with Gasteiger partial charge >= 0.3 is 0 Å². The van der Waals surface area contributed by atoms with Crippen LogP contribution in [0.15, 0.2) is 54.2 Å². The van der Waals surface area contributed by atoms with Gasteiger partial charge in [-0.15, -0.1) is 0 Å². The highest BCUT2D eigenvalue weighted by Crippen LogP contribution is 2.24. The second-order valence-corrected chi connectivity index (χ2v) is 8.02. The van der Waals surface area contributed by atoms with E-state index in [1.165, 1.54) is 6.33 Å². The first-order chi connectivity index (χ1) is 13.5. The monoisotopic (exact) mass is 406 g/mol. The van der Waals surface area contributed by atoms with Crippen LogP contribution in [-0.4, -0.2) is 58.4 Å². The number of imidazole rings is 1. The normalized spacial score (nSPS) is 15.7. The fraction of sp³-hybridized carbons (Fsp3) is 0.235. The maximum atomic E-state index is 13.9. The number of hydrogen-bond donors (Lipinski definition) is 0. The summed E-state index contributed by atoms with van der Waals surface area (Å²) in [5.74, 6) is -0.926. The third-order valence-corrected chi connectivity index (χ3v) is 6.44. The minimum atomic E-state index is -4.26. The van der Waals surface area contributed by atoms with E-state index in [0.29, 0.717) is 24.7 Å². The van der Waals surface area contributed by atoms with Gasteiger partial charge in [0, 0.05) is 44.6 Å². The minimum absolute atomic E-state index is 0.0838. The van der Waals surface area contributed by atoms with Crippen LogP contribution in [0.4, 0.5) is 14.6 Å². The Balaban J connectivity index is 1.52. The molecule has 1 aliphatic rings. The average Bonchev–Trinajstić information content (AvgIpc) is 3.23. The van der Waals surface area contributed by atoms with Crippen molar-refractivity contribution in [3.8, 4) is 5.82 Å². The number of halogens is 2. The van der Waals surface area contributed by atoms with Crippen molar-refractivity contribution in [2.75, 3.05) is 31.1 Å². The summed E-state index contributed by atoms with van der Waals surface area (Å²) in [4.78, 5) is 13.4. The van der Waals surface area contributed by atoms with Crippen molar-refractivity contribution in [3.63, 3.8) is 0 Å². The van der Waals surface area contributed by atoms with Gasteiger partial charge in [-0.3, -0.25) is 4.57 Å². The van der Waals surface area contributed by atoms with Crippen LogP contribution in [0.5, 0.6) is 0 Å². The number of nitrogens with zero attached hydrogens (tertiary/aromatic N) is 6. The number of hydrogen-bond acceptors (Lipinski definition) is 6. The number of aromatic nitrogens is 4. The van der Waals surface area contributed by atoms with E-state index in [4.69, 9.17) is 0 Å². The van der Waals surface area contributed by atoms with Crippen molar-refractivity contribution in [1.29, 1.82) is 0 Å². The van der Waals surface area contributed by atoms with Crippen molar-refractivity contribution in [2.45, 2.75) is 4.90 Å². The Morgan fingerprint density at radius 3 is 2.29 bits per heavy atom. The van der Waals surface area contributed by atoms with Gasteiger partial charge in [-0.2, -0.15) is 4.31 Å². The third-order valence-electron chi connectivity index (χ3n) is 4.49. The first-order valence-electron chi connectivity index (χ1n) is 8.46. The van der Waals surface area contributed by atoms with E-state index in [2.05, 4.69) is 15.0 Å². The summed E-state index contributed by atoms with van der Waals surface area (Å²) in [5.41, 5.74) is 0. The van der Waals surface area contributed by atoms with Crippen LogP contribution in [0.25, 0.3) is 5.82 Å². The minimum Gasteiger partial charge on any atom is -0.354 e. The second kappa shape index (κ2) is 7.24. The molecule has 0 aliphatic carbocycles. The third kappa shape index (κ3) is 3.34. The van der Waals surface area contributed by atoms with E-state index in [1.54, 1.807) is 29.4 Å². The number of benzene rings is 1. The number of sulfonamides is 1. The Labute approximate surface area is 160 Å². The number of rotatable bonds is 4. The average molecular weight is 406 g/mol. The summed E-state index contributed by atoms with van der Waals surface area (Å²) < 4.78 is 56.0. The first kappa shape index (κ1) is 18.4. The van der Waals surface area contributed by atoms with Gasteiger partial charge in [0.1, 0.15) is 35.9 Å². The van der Waals surface area contributed by atoms with Gasteiger partial charge in [-0.25, -0.2) is 32.2 Å². The Kier molecular flexibility index (Phi) is 4.77. The maximum absolute atomic E-state index is 13.9. The van der Waals surface area contributed by atoms with Crippen LogP contribution in [0.2, 0.25) is 0 Å². The molecular weight excluding hydrogens is 390 g/mol. The molecule has 3 heterocycles. The molecule has 0 amide bonds. The van der Waals surface area contributed by atoms with Crippen molar-refractivity contribution >= 4 is 15.8 Å². The van der Waals surface area contributed by atoms with E-state index in [9.17, 15) is 17.2 Å². The van der Waals surface area contributed by atoms with E-state index < -0.39 is 26.6 Å². The van der Waals surface area contributed by atoms with Crippen LogP contribution in [0, 0.1) is 11.6 Å². The highest BCUT2D eigenvalue weighted by molar-refractivity contribution is 7.89. The molecule has 28 heavy (non-hydrogen) atoms. The fourth-order valence-electron chi connectivity index (χ4n) is 3.06. The predicted octanol–water partition coefficient (Wildman–Crippen LogP) is 1.45. The van der Waals surface area contributed by atoms with Crippen LogP contribution in [0.3, 0.4) is 0 Å². The highest BCUT2D eigenvalue weighted by atomic mass is 32.2. The van der Waals surface area contributed by atoms with Crippen molar-refractivity contribution in [2.24, 2.45) is 0 Å². The summed E-state index contributed by atoms with van der Waals surface area (Å²) in [5, 5.41) is 0. The second-order valence-electron chi connectivity index (χ2n) is 6.15. The highest BCUT2D eigenvalue weighted by Gasteiger charge is 2.33. The molecule has 0 radical (unpaired) electrons. The summed E-state index contributed by atoms with van der Waals surface area (Å²) in [6, 6.07) is 4.77. The van der Waals surface area contributed by atoms with Gasteiger partial charge in [0.15, 0.2) is 4.90 Å². The molecule has 1 saturated heterocycles. The summed E-state index contributed by atoms with van der Waals surface area (Å²) in [6.45, 7) is 0.826. The standard InChI is InChI=1S/C17H16F2N6O2S/c18-13-2-1-3-14(19)17(13)28(26,27)25-8-6-23(7-9-25)15-10-16(22-11-21-15)24-5-4-20-12-24/h1-5,10-12H,6-9H2. The van der Waals surface area contributed by atoms with Gasteiger partial charge in [-0.1, -0.05) is 6.07 Å². The molecule has 146 valence electrons. The van der Waals surface area contributed by atoms with E-state index in [1.807, 2.05) is 4.90 Å². The van der Waals surface area contributed by atoms with Crippen LogP contribution in [0.1, 0.15) is 0 Å². The molecule has 0 unspecified atom stereocenters. The molecule has 0 spiro atoms. The molecule has 2 aromatic heterocycles. The lowest BCUT2D eigenvalue weighted by Crippen LogP contribution is -2.49. The van der Waals surface area contributed by atoms with Gasteiger partial charge in [0.25, 0.3) is 0 Å². The molecule has 4 rings (SSSR count). The number of piperazine rings is 1. The summed E-state index contributed by atoms with van der Waals surface area (Å²) in [7, 11) is -4.26. The maximum Gasteiger partial charge on any atom is 0.249 e. The lowest BCUT2D eigenvalue weighted by atomic mass is 10.3. The Bertz CT molecular complexity index is 1060. The van der Waals surface area contributed by atoms with E-state index >= 15 is 0 Å². The number of anilines is 1. The smallest absolute Gasteiger partial charge is 0.249 e. The molecule has 11 heteroatoms. The zero-order valence-corrected chi connectivity index (χ0v) is 15.4. The Morgan fingerprint density at radius 2 is 1.64 bits per heavy atom. The summed E-state index contributed by atoms with van der Waals surface area (Å²) >= 11 is 0. The van der Waals surface area contributed by atoms with Gasteiger partial charge in [0.05, 0.1) is 0 Å². The quantitative estimate of drug-likeness (QED) is 0.652. The first-order valence-corrected chi connectivity index (χ1v) is 9.90. The summed E-state index contributed by atoms with van der Waals surface area (Å²) in [6.07, 6.45) is 6.41. The predicted molar refractivity (Wildman–Crippen MR) is 96.5 cm³/mol.